The van der Waals surface area contributed by atoms with Gasteiger partial charge in [-0.2, -0.15) is 5.10 Å². The van der Waals surface area contributed by atoms with Crippen molar-refractivity contribution >= 4 is 61.8 Å². The first-order valence-electron chi connectivity index (χ1n) is 10.4. The first-order valence-corrected chi connectivity index (χ1v) is 12.4. The minimum absolute atomic E-state index is 0.306. The van der Waals surface area contributed by atoms with Crippen molar-refractivity contribution in [2.24, 2.45) is 5.10 Å². The highest BCUT2D eigenvalue weighted by molar-refractivity contribution is 9.10. The molecule has 0 saturated carbocycles. The van der Waals surface area contributed by atoms with Gasteiger partial charge in [-0.1, -0.05) is 39.7 Å². The van der Waals surface area contributed by atoms with E-state index < -0.39 is 0 Å². The van der Waals surface area contributed by atoms with Crippen LogP contribution in [0, 0.1) is 0 Å². The molecule has 0 fully saturated rings. The maximum Gasteiger partial charge on any atom is 0.271 e. The Morgan fingerprint density at radius 2 is 1.91 bits per heavy atom. The highest BCUT2D eigenvalue weighted by Gasteiger charge is 2.09. The SMILES string of the molecule is CCOc1ccc(Br)cc1/C=N\NC(=O)c1ccc(-c2csc(Nc3ccc(Cl)cc3)n2)cc1. The van der Waals surface area contributed by atoms with Gasteiger partial charge in [0.1, 0.15) is 5.75 Å². The highest BCUT2D eigenvalue weighted by Crippen LogP contribution is 2.28. The monoisotopic (exact) mass is 554 g/mol. The second-order valence-corrected chi connectivity index (χ2v) is 9.27. The number of rotatable bonds is 8. The van der Waals surface area contributed by atoms with Crippen molar-refractivity contribution in [3.8, 4) is 17.0 Å². The lowest BCUT2D eigenvalue weighted by molar-refractivity contribution is 0.0955. The van der Waals surface area contributed by atoms with E-state index in [9.17, 15) is 4.79 Å². The van der Waals surface area contributed by atoms with Crippen molar-refractivity contribution < 1.29 is 9.53 Å². The fraction of sp³-hybridized carbons (Fsp3) is 0.0800. The number of amides is 1. The molecule has 0 radical (unpaired) electrons. The first-order chi connectivity index (χ1) is 16.5. The number of hydrogen-bond acceptors (Lipinski definition) is 6. The summed E-state index contributed by atoms with van der Waals surface area (Å²) in [6, 6.07) is 20.3. The molecule has 3 aromatic carbocycles. The normalized spacial score (nSPS) is 10.9. The fourth-order valence-corrected chi connectivity index (χ4v) is 4.29. The maximum absolute atomic E-state index is 12.5. The van der Waals surface area contributed by atoms with Gasteiger partial charge in [-0.25, -0.2) is 10.4 Å². The Morgan fingerprint density at radius 1 is 1.15 bits per heavy atom. The Labute approximate surface area is 214 Å². The molecule has 2 N–H and O–H groups in total. The van der Waals surface area contributed by atoms with Crippen LogP contribution in [0.4, 0.5) is 10.8 Å². The Hall–Kier alpha value is -3.20. The second-order valence-electron chi connectivity index (χ2n) is 7.06. The van der Waals surface area contributed by atoms with Crippen LogP contribution in [-0.4, -0.2) is 23.7 Å². The van der Waals surface area contributed by atoms with Crippen LogP contribution in [0.25, 0.3) is 11.3 Å². The molecule has 0 aliphatic carbocycles. The van der Waals surface area contributed by atoms with Gasteiger partial charge in [0.05, 0.1) is 18.5 Å². The molecular weight excluding hydrogens is 536 g/mol. The molecule has 0 atom stereocenters. The average molecular weight is 556 g/mol. The fourth-order valence-electron chi connectivity index (χ4n) is 3.04. The van der Waals surface area contributed by atoms with E-state index in [1.165, 1.54) is 11.3 Å². The second kappa shape index (κ2) is 11.3. The number of aromatic nitrogens is 1. The molecule has 0 bridgehead atoms. The predicted octanol–water partition coefficient (Wildman–Crippen LogP) is 7.13. The van der Waals surface area contributed by atoms with Gasteiger partial charge < -0.3 is 10.1 Å². The number of carbonyl (C=O) groups excluding carboxylic acids is 1. The summed E-state index contributed by atoms with van der Waals surface area (Å²) < 4.78 is 6.49. The number of hydrazone groups is 1. The molecule has 1 amide bonds. The zero-order chi connectivity index (χ0) is 23.9. The number of benzene rings is 3. The molecule has 0 aliphatic heterocycles. The van der Waals surface area contributed by atoms with Crippen molar-refractivity contribution in [3.63, 3.8) is 0 Å². The quantitative estimate of drug-likeness (QED) is 0.179. The number of nitrogens with one attached hydrogen (secondary N) is 2. The van der Waals surface area contributed by atoms with E-state index in [-0.39, 0.29) is 5.91 Å². The largest absolute Gasteiger partial charge is 0.493 e. The molecule has 4 aromatic rings. The van der Waals surface area contributed by atoms with Gasteiger partial charge in [0.2, 0.25) is 0 Å². The summed E-state index contributed by atoms with van der Waals surface area (Å²) in [5, 5.41) is 10.8. The zero-order valence-electron chi connectivity index (χ0n) is 18.1. The molecule has 4 rings (SSSR count). The molecule has 172 valence electrons. The third kappa shape index (κ3) is 6.22. The molecule has 0 saturated heterocycles. The summed E-state index contributed by atoms with van der Waals surface area (Å²) in [5.74, 6) is 0.389. The topological polar surface area (TPSA) is 75.6 Å². The Morgan fingerprint density at radius 3 is 2.65 bits per heavy atom. The van der Waals surface area contributed by atoms with Crippen molar-refractivity contribution in [3.05, 3.63) is 92.7 Å². The Kier molecular flexibility index (Phi) is 7.95. The van der Waals surface area contributed by atoms with Crippen LogP contribution in [0.5, 0.6) is 5.75 Å². The van der Waals surface area contributed by atoms with Gasteiger partial charge in [-0.15, -0.1) is 11.3 Å². The molecular formula is C25H20BrClN4O2S. The summed E-state index contributed by atoms with van der Waals surface area (Å²) in [7, 11) is 0. The third-order valence-electron chi connectivity index (χ3n) is 4.68. The third-order valence-corrected chi connectivity index (χ3v) is 6.19. The van der Waals surface area contributed by atoms with Gasteiger partial charge in [-0.3, -0.25) is 4.79 Å². The van der Waals surface area contributed by atoms with Crippen LogP contribution in [0.1, 0.15) is 22.8 Å². The molecule has 0 aliphatic rings. The molecule has 6 nitrogen and oxygen atoms in total. The first kappa shape index (κ1) is 23.9. The summed E-state index contributed by atoms with van der Waals surface area (Å²) in [6.07, 6.45) is 1.56. The minimum Gasteiger partial charge on any atom is -0.493 e. The van der Waals surface area contributed by atoms with Crippen LogP contribution < -0.4 is 15.5 Å². The van der Waals surface area contributed by atoms with Crippen LogP contribution in [-0.2, 0) is 0 Å². The van der Waals surface area contributed by atoms with Crippen molar-refractivity contribution in [2.75, 3.05) is 11.9 Å². The van der Waals surface area contributed by atoms with E-state index in [1.54, 1.807) is 18.3 Å². The van der Waals surface area contributed by atoms with Crippen LogP contribution >= 0.6 is 38.9 Å². The lowest BCUT2D eigenvalue weighted by Gasteiger charge is -2.07. The minimum atomic E-state index is -0.306. The maximum atomic E-state index is 12.5. The summed E-state index contributed by atoms with van der Waals surface area (Å²) >= 11 is 10.9. The lowest BCUT2D eigenvalue weighted by atomic mass is 10.1. The molecule has 34 heavy (non-hydrogen) atoms. The Balaban J connectivity index is 1.38. The van der Waals surface area contributed by atoms with Crippen LogP contribution in [0.2, 0.25) is 5.02 Å². The zero-order valence-corrected chi connectivity index (χ0v) is 21.2. The Bertz CT molecular complexity index is 1310. The molecule has 9 heteroatoms. The number of carbonyl (C=O) groups is 1. The van der Waals surface area contributed by atoms with Crippen molar-refractivity contribution in [1.82, 2.24) is 10.4 Å². The van der Waals surface area contributed by atoms with E-state index in [2.05, 4.69) is 36.8 Å². The number of thiazole rings is 1. The number of nitrogens with zero attached hydrogens (tertiary/aromatic N) is 2. The summed E-state index contributed by atoms with van der Waals surface area (Å²) in [6.45, 7) is 2.45. The van der Waals surface area contributed by atoms with Gasteiger partial charge in [0, 0.05) is 37.3 Å². The van der Waals surface area contributed by atoms with Gasteiger partial charge >= 0.3 is 0 Å². The number of hydrogen-bond donors (Lipinski definition) is 2. The van der Waals surface area contributed by atoms with E-state index in [0.29, 0.717) is 22.9 Å². The van der Waals surface area contributed by atoms with Crippen molar-refractivity contribution in [2.45, 2.75) is 6.92 Å². The van der Waals surface area contributed by atoms with E-state index >= 15 is 0 Å². The lowest BCUT2D eigenvalue weighted by Crippen LogP contribution is -2.17. The summed E-state index contributed by atoms with van der Waals surface area (Å²) in [5.41, 5.74) is 6.46. The number of ether oxygens (including phenoxy) is 1. The number of anilines is 2. The number of halogens is 2. The summed E-state index contributed by atoms with van der Waals surface area (Å²) in [4.78, 5) is 17.1. The standard InChI is InChI=1S/C25H20BrClN4O2S/c1-2-33-23-12-7-19(26)13-18(23)14-28-31-24(32)17-5-3-16(4-6-17)22-15-34-25(30-22)29-21-10-8-20(27)9-11-21/h3-15H,2H2,1H3,(H,29,30)(H,31,32)/b28-14-. The van der Waals surface area contributed by atoms with Crippen molar-refractivity contribution in [1.29, 1.82) is 0 Å². The smallest absolute Gasteiger partial charge is 0.271 e. The molecule has 1 heterocycles. The molecule has 1 aromatic heterocycles. The van der Waals surface area contributed by atoms with Gasteiger partial charge in [0.25, 0.3) is 5.91 Å². The van der Waals surface area contributed by atoms with Gasteiger partial charge in [-0.05, 0) is 61.5 Å². The highest BCUT2D eigenvalue weighted by atomic mass is 79.9. The molecule has 0 spiro atoms. The molecule has 0 unspecified atom stereocenters. The van der Waals surface area contributed by atoms with E-state index in [4.69, 9.17) is 16.3 Å². The predicted molar refractivity (Wildman–Crippen MR) is 143 cm³/mol. The van der Waals surface area contributed by atoms with E-state index in [0.717, 1.165) is 32.1 Å². The van der Waals surface area contributed by atoms with Gasteiger partial charge in [0.15, 0.2) is 5.13 Å². The average Bonchev–Trinajstić information content (AvgIpc) is 3.31. The van der Waals surface area contributed by atoms with Crippen LogP contribution in [0.3, 0.4) is 0 Å². The van der Waals surface area contributed by atoms with Crippen LogP contribution in [0.15, 0.2) is 81.7 Å². The van der Waals surface area contributed by atoms with E-state index in [1.807, 2.05) is 66.9 Å².